The van der Waals surface area contributed by atoms with Gasteiger partial charge >= 0.3 is 6.03 Å². The number of carbonyl (C=O) groups is 2. The van der Waals surface area contributed by atoms with Gasteiger partial charge in [-0.15, -0.1) is 0 Å². The molecule has 1 N–H and O–H groups in total. The highest BCUT2D eigenvalue weighted by Gasteiger charge is 2.54. The van der Waals surface area contributed by atoms with Crippen LogP contribution in [0.1, 0.15) is 39.0 Å². The number of nitrogens with one attached hydrogen (secondary N) is 1. The highest BCUT2D eigenvalue weighted by Crippen LogP contribution is 2.38. The molecule has 5 nitrogen and oxygen atoms in total. The number of imide groups is 1. The van der Waals surface area contributed by atoms with Gasteiger partial charge in [-0.1, -0.05) is 19.8 Å². The lowest BCUT2D eigenvalue weighted by Crippen LogP contribution is -2.53. The van der Waals surface area contributed by atoms with Gasteiger partial charge in [-0.3, -0.25) is 9.69 Å². The fourth-order valence-corrected chi connectivity index (χ4v) is 3.64. The predicted octanol–water partition coefficient (Wildman–Crippen LogP) is 3.10. The molecule has 1 aromatic carbocycles. The first kappa shape index (κ1) is 16.7. The molecule has 6 heteroatoms. The van der Waals surface area contributed by atoms with Gasteiger partial charge in [0.1, 0.15) is 17.1 Å². The molecule has 1 heterocycles. The van der Waals surface area contributed by atoms with Crippen LogP contribution in [0.4, 0.5) is 9.18 Å². The van der Waals surface area contributed by atoms with Crippen LogP contribution in [0.2, 0.25) is 0 Å². The third-order valence-corrected chi connectivity index (χ3v) is 5.11. The van der Waals surface area contributed by atoms with Gasteiger partial charge in [0.05, 0.1) is 6.61 Å². The Kier molecular flexibility index (Phi) is 4.73. The molecule has 0 bridgehead atoms. The van der Waals surface area contributed by atoms with E-state index < -0.39 is 5.54 Å². The second kappa shape index (κ2) is 6.79. The first-order valence-corrected chi connectivity index (χ1v) is 8.55. The van der Waals surface area contributed by atoms with Crippen molar-refractivity contribution in [3.63, 3.8) is 0 Å². The minimum absolute atomic E-state index is 0.0958. The number of halogens is 1. The molecule has 2 atom stereocenters. The van der Waals surface area contributed by atoms with Gasteiger partial charge in [0.2, 0.25) is 0 Å². The fraction of sp³-hybridized carbons (Fsp3) is 0.556. The first-order valence-electron chi connectivity index (χ1n) is 8.55. The summed E-state index contributed by atoms with van der Waals surface area (Å²) in [5, 5.41) is 2.94. The molecule has 1 spiro atoms. The average molecular weight is 334 g/mol. The first-order chi connectivity index (χ1) is 11.5. The Morgan fingerprint density at radius 3 is 2.75 bits per heavy atom. The van der Waals surface area contributed by atoms with Gasteiger partial charge in [0.15, 0.2) is 0 Å². The number of urea groups is 1. The van der Waals surface area contributed by atoms with E-state index in [0.29, 0.717) is 25.3 Å². The smallest absolute Gasteiger partial charge is 0.325 e. The Morgan fingerprint density at radius 1 is 1.29 bits per heavy atom. The van der Waals surface area contributed by atoms with E-state index in [9.17, 15) is 14.0 Å². The molecule has 1 saturated heterocycles. The molecule has 0 unspecified atom stereocenters. The number of hydrogen-bond donors (Lipinski definition) is 1. The summed E-state index contributed by atoms with van der Waals surface area (Å²) in [5.74, 6) is 0.337. The number of carbonyl (C=O) groups excluding carboxylic acids is 2. The Labute approximate surface area is 141 Å². The van der Waals surface area contributed by atoms with Crippen molar-refractivity contribution in [3.05, 3.63) is 30.1 Å². The fourth-order valence-electron chi connectivity index (χ4n) is 3.64. The average Bonchev–Trinajstić information content (AvgIpc) is 2.80. The lowest BCUT2D eigenvalue weighted by molar-refractivity contribution is -0.134. The zero-order chi connectivity index (χ0) is 17.2. The third-order valence-electron chi connectivity index (χ3n) is 5.11. The van der Waals surface area contributed by atoms with E-state index in [1.54, 1.807) is 12.1 Å². The monoisotopic (exact) mass is 334 g/mol. The Hall–Kier alpha value is -2.11. The van der Waals surface area contributed by atoms with Crippen molar-refractivity contribution in [2.75, 3.05) is 13.2 Å². The van der Waals surface area contributed by atoms with Crippen molar-refractivity contribution in [1.82, 2.24) is 10.2 Å². The lowest BCUT2D eigenvalue weighted by atomic mass is 9.73. The van der Waals surface area contributed by atoms with Crippen LogP contribution in [-0.4, -0.2) is 35.5 Å². The van der Waals surface area contributed by atoms with E-state index in [1.807, 2.05) is 6.92 Å². The van der Waals surface area contributed by atoms with Crippen molar-refractivity contribution in [3.8, 4) is 5.75 Å². The third kappa shape index (κ3) is 3.09. The SMILES string of the molecule is C[C@H]1CCCC[C@]12NC(=O)N(CCCOc1ccc(F)cc1)C2=O. The molecule has 1 saturated carbocycles. The second-order valence-corrected chi connectivity index (χ2v) is 6.66. The number of hydrogen-bond acceptors (Lipinski definition) is 3. The molecule has 1 aliphatic heterocycles. The molecule has 3 rings (SSSR count). The van der Waals surface area contributed by atoms with Crippen molar-refractivity contribution in [2.45, 2.75) is 44.6 Å². The summed E-state index contributed by atoms with van der Waals surface area (Å²) in [4.78, 5) is 26.3. The number of benzene rings is 1. The van der Waals surface area contributed by atoms with Gasteiger partial charge in [0, 0.05) is 6.54 Å². The Bertz CT molecular complexity index is 619. The predicted molar refractivity (Wildman–Crippen MR) is 87.1 cm³/mol. The number of amides is 3. The van der Waals surface area contributed by atoms with Crippen molar-refractivity contribution in [2.24, 2.45) is 5.92 Å². The molecule has 24 heavy (non-hydrogen) atoms. The van der Waals surface area contributed by atoms with Gasteiger partial charge < -0.3 is 10.1 Å². The summed E-state index contributed by atoms with van der Waals surface area (Å²) in [6, 6.07) is 5.49. The summed E-state index contributed by atoms with van der Waals surface area (Å²) in [7, 11) is 0. The van der Waals surface area contributed by atoms with E-state index in [-0.39, 0.29) is 23.7 Å². The van der Waals surface area contributed by atoms with Crippen LogP contribution < -0.4 is 10.1 Å². The lowest BCUT2D eigenvalue weighted by Gasteiger charge is -2.36. The minimum Gasteiger partial charge on any atom is -0.494 e. The Morgan fingerprint density at radius 2 is 2.04 bits per heavy atom. The summed E-state index contributed by atoms with van der Waals surface area (Å²) in [5.41, 5.74) is -0.701. The number of rotatable bonds is 5. The summed E-state index contributed by atoms with van der Waals surface area (Å²) in [6.45, 7) is 2.74. The molecule has 0 radical (unpaired) electrons. The number of ether oxygens (including phenoxy) is 1. The zero-order valence-corrected chi connectivity index (χ0v) is 13.9. The molecule has 3 amide bonds. The maximum Gasteiger partial charge on any atom is 0.325 e. The highest BCUT2D eigenvalue weighted by molar-refractivity contribution is 6.07. The van der Waals surface area contributed by atoms with Crippen LogP contribution in [0, 0.1) is 11.7 Å². The molecule has 2 aliphatic rings. The van der Waals surface area contributed by atoms with E-state index in [2.05, 4.69) is 5.32 Å². The van der Waals surface area contributed by atoms with Crippen molar-refractivity contribution >= 4 is 11.9 Å². The van der Waals surface area contributed by atoms with Crippen LogP contribution in [-0.2, 0) is 4.79 Å². The summed E-state index contributed by atoms with van der Waals surface area (Å²) >= 11 is 0. The second-order valence-electron chi connectivity index (χ2n) is 6.66. The van der Waals surface area contributed by atoms with Gasteiger partial charge in [-0.25, -0.2) is 9.18 Å². The van der Waals surface area contributed by atoms with Crippen LogP contribution in [0.25, 0.3) is 0 Å². The molecule has 130 valence electrons. The molecule has 2 fully saturated rings. The van der Waals surface area contributed by atoms with E-state index >= 15 is 0 Å². The van der Waals surface area contributed by atoms with Crippen molar-refractivity contribution in [1.29, 1.82) is 0 Å². The molecule has 1 aromatic rings. The highest BCUT2D eigenvalue weighted by atomic mass is 19.1. The van der Waals surface area contributed by atoms with Gasteiger partial charge in [0.25, 0.3) is 5.91 Å². The topological polar surface area (TPSA) is 58.6 Å². The standard InChI is InChI=1S/C18H23FN2O3/c1-13-5-2-3-10-18(13)16(22)21(17(23)20-18)11-4-12-24-15-8-6-14(19)7-9-15/h6-9,13H,2-5,10-12H2,1H3,(H,20,23)/t13-,18-/m0/s1. The quantitative estimate of drug-likeness (QED) is 0.665. The minimum atomic E-state index is -0.701. The van der Waals surface area contributed by atoms with E-state index in [0.717, 1.165) is 25.7 Å². The summed E-state index contributed by atoms with van der Waals surface area (Å²) in [6.07, 6.45) is 4.31. The molecular weight excluding hydrogens is 311 g/mol. The normalized spacial score (nSPS) is 26.8. The van der Waals surface area contributed by atoms with E-state index in [1.165, 1.54) is 17.0 Å². The van der Waals surface area contributed by atoms with Crippen LogP contribution in [0.5, 0.6) is 5.75 Å². The maximum absolute atomic E-state index is 12.8. The largest absolute Gasteiger partial charge is 0.494 e. The van der Waals surface area contributed by atoms with Crippen LogP contribution >= 0.6 is 0 Å². The van der Waals surface area contributed by atoms with E-state index in [4.69, 9.17) is 4.74 Å². The Balaban J connectivity index is 1.53. The van der Waals surface area contributed by atoms with Crippen LogP contribution in [0.3, 0.4) is 0 Å². The van der Waals surface area contributed by atoms with Gasteiger partial charge in [-0.2, -0.15) is 0 Å². The van der Waals surface area contributed by atoms with Crippen molar-refractivity contribution < 1.29 is 18.7 Å². The molecular formula is C18H23FN2O3. The zero-order valence-electron chi connectivity index (χ0n) is 13.9. The summed E-state index contributed by atoms with van der Waals surface area (Å²) < 4.78 is 18.3. The molecule has 1 aliphatic carbocycles. The molecule has 0 aromatic heterocycles. The van der Waals surface area contributed by atoms with Gasteiger partial charge in [-0.05, 0) is 49.4 Å². The maximum atomic E-state index is 12.8. The number of nitrogens with zero attached hydrogens (tertiary/aromatic N) is 1. The van der Waals surface area contributed by atoms with Crippen LogP contribution in [0.15, 0.2) is 24.3 Å².